The molecule has 6 heteroatoms. The van der Waals surface area contributed by atoms with Gasteiger partial charge in [-0.3, -0.25) is 0 Å². The Morgan fingerprint density at radius 1 is 1.20 bits per heavy atom. The van der Waals surface area contributed by atoms with Crippen LogP contribution >= 0.6 is 0 Å². The van der Waals surface area contributed by atoms with Crippen LogP contribution in [0.4, 0.5) is 10.4 Å². The largest absolute Gasteiger partial charge is 0.407 e. The average molecular weight is 276 g/mol. The van der Waals surface area contributed by atoms with Gasteiger partial charge in [-0.25, -0.2) is 4.39 Å². The summed E-state index contributed by atoms with van der Waals surface area (Å²) in [6.07, 6.45) is 3.24. The Morgan fingerprint density at radius 3 is 2.75 bits per heavy atom. The summed E-state index contributed by atoms with van der Waals surface area (Å²) in [5, 5.41) is 14.3. The van der Waals surface area contributed by atoms with E-state index in [0.29, 0.717) is 31.0 Å². The number of nitrogens with one attached hydrogen (secondary N) is 2. The summed E-state index contributed by atoms with van der Waals surface area (Å²) in [6.45, 7) is 1.29. The molecule has 0 aliphatic heterocycles. The van der Waals surface area contributed by atoms with Gasteiger partial charge in [0, 0.05) is 12.6 Å². The lowest BCUT2D eigenvalue weighted by Crippen LogP contribution is -2.15. The van der Waals surface area contributed by atoms with Crippen LogP contribution in [-0.4, -0.2) is 22.8 Å². The Hall–Kier alpha value is -1.95. The van der Waals surface area contributed by atoms with Gasteiger partial charge in [-0.15, -0.1) is 5.10 Å². The van der Waals surface area contributed by atoms with Crippen LogP contribution in [0.5, 0.6) is 0 Å². The van der Waals surface area contributed by atoms with E-state index in [2.05, 4.69) is 20.8 Å². The van der Waals surface area contributed by atoms with Crippen LogP contribution < -0.4 is 10.6 Å². The molecule has 2 N–H and O–H groups in total. The Balaban J connectivity index is 1.42. The second-order valence-corrected chi connectivity index (χ2v) is 4.96. The van der Waals surface area contributed by atoms with E-state index in [4.69, 9.17) is 4.42 Å². The summed E-state index contributed by atoms with van der Waals surface area (Å²) in [6, 6.07) is 7.52. The van der Waals surface area contributed by atoms with Gasteiger partial charge in [0.25, 0.3) is 0 Å². The molecule has 1 aromatic heterocycles. The lowest BCUT2D eigenvalue weighted by Gasteiger charge is -2.02. The molecular weight excluding hydrogens is 259 g/mol. The first-order valence-electron chi connectivity index (χ1n) is 6.84. The van der Waals surface area contributed by atoms with Crippen molar-refractivity contribution in [1.82, 2.24) is 15.5 Å². The predicted octanol–water partition coefficient (Wildman–Crippen LogP) is 2.12. The molecule has 5 nitrogen and oxygen atoms in total. The van der Waals surface area contributed by atoms with Crippen molar-refractivity contribution in [3.05, 3.63) is 41.5 Å². The maximum Gasteiger partial charge on any atom is 0.315 e. The molecule has 1 heterocycles. The van der Waals surface area contributed by atoms with Crippen LogP contribution in [0.2, 0.25) is 0 Å². The van der Waals surface area contributed by atoms with Crippen molar-refractivity contribution in [1.29, 1.82) is 0 Å². The highest BCUT2D eigenvalue weighted by Gasteiger charge is 2.21. The number of benzene rings is 1. The summed E-state index contributed by atoms with van der Waals surface area (Å²) in [7, 11) is 0. The van der Waals surface area contributed by atoms with Crippen molar-refractivity contribution in [2.45, 2.75) is 31.8 Å². The summed E-state index contributed by atoms with van der Waals surface area (Å²) in [5.74, 6) is 0.382. The molecule has 1 aliphatic rings. The van der Waals surface area contributed by atoms with Crippen LogP contribution in [0.15, 0.2) is 28.7 Å². The van der Waals surface area contributed by atoms with E-state index in [9.17, 15) is 4.39 Å². The van der Waals surface area contributed by atoms with E-state index in [-0.39, 0.29) is 5.82 Å². The number of hydrogen-bond acceptors (Lipinski definition) is 5. The van der Waals surface area contributed by atoms with Crippen molar-refractivity contribution in [2.24, 2.45) is 0 Å². The van der Waals surface area contributed by atoms with E-state index >= 15 is 0 Å². The third-order valence-corrected chi connectivity index (χ3v) is 3.19. The van der Waals surface area contributed by atoms with Crippen molar-refractivity contribution in [3.8, 4) is 0 Å². The normalized spacial score (nSPS) is 14.4. The van der Waals surface area contributed by atoms with Gasteiger partial charge in [-0.05, 0) is 37.0 Å². The highest BCUT2D eigenvalue weighted by atomic mass is 19.1. The number of halogens is 1. The first-order valence-corrected chi connectivity index (χ1v) is 6.84. The van der Waals surface area contributed by atoms with E-state index in [0.717, 1.165) is 12.0 Å². The number of rotatable bonds is 7. The van der Waals surface area contributed by atoms with Gasteiger partial charge < -0.3 is 15.1 Å². The average Bonchev–Trinajstić information content (AvgIpc) is 3.18. The molecule has 0 amide bonds. The molecule has 1 aliphatic carbocycles. The fourth-order valence-electron chi connectivity index (χ4n) is 1.88. The van der Waals surface area contributed by atoms with Gasteiger partial charge in [0.05, 0.1) is 6.54 Å². The highest BCUT2D eigenvalue weighted by molar-refractivity contribution is 5.21. The number of hydrogen-bond donors (Lipinski definition) is 2. The zero-order valence-corrected chi connectivity index (χ0v) is 11.1. The third-order valence-electron chi connectivity index (χ3n) is 3.19. The van der Waals surface area contributed by atoms with Crippen molar-refractivity contribution >= 4 is 6.01 Å². The summed E-state index contributed by atoms with van der Waals surface area (Å²) in [4.78, 5) is 0. The topological polar surface area (TPSA) is 63.0 Å². The number of nitrogens with zero attached hydrogens (tertiary/aromatic N) is 2. The Labute approximate surface area is 116 Å². The Bertz CT molecular complexity index is 551. The quantitative estimate of drug-likeness (QED) is 0.811. The molecule has 0 bridgehead atoms. The van der Waals surface area contributed by atoms with Gasteiger partial charge in [-0.1, -0.05) is 17.2 Å². The zero-order valence-electron chi connectivity index (χ0n) is 11.1. The molecule has 0 atom stereocenters. The van der Waals surface area contributed by atoms with Gasteiger partial charge in [0.15, 0.2) is 0 Å². The second-order valence-electron chi connectivity index (χ2n) is 4.96. The molecule has 1 fully saturated rings. The SMILES string of the molecule is Fc1ccc(CCNc2nnc(CNC3CC3)o2)cc1. The first kappa shape index (κ1) is 13.1. The third kappa shape index (κ3) is 3.77. The van der Waals surface area contributed by atoms with Gasteiger partial charge in [-0.2, -0.15) is 0 Å². The Kier molecular flexibility index (Phi) is 3.92. The summed E-state index contributed by atoms with van der Waals surface area (Å²) < 4.78 is 18.2. The lowest BCUT2D eigenvalue weighted by molar-refractivity contribution is 0.476. The van der Waals surface area contributed by atoms with Crippen LogP contribution in [0.1, 0.15) is 24.3 Å². The van der Waals surface area contributed by atoms with E-state index in [1.54, 1.807) is 12.1 Å². The van der Waals surface area contributed by atoms with Gasteiger partial charge >= 0.3 is 6.01 Å². The van der Waals surface area contributed by atoms with Gasteiger partial charge in [0.1, 0.15) is 5.82 Å². The van der Waals surface area contributed by atoms with Crippen molar-refractivity contribution < 1.29 is 8.81 Å². The minimum Gasteiger partial charge on any atom is -0.407 e. The minimum absolute atomic E-state index is 0.216. The lowest BCUT2D eigenvalue weighted by atomic mass is 10.1. The smallest absolute Gasteiger partial charge is 0.315 e. The molecule has 0 saturated heterocycles. The fourth-order valence-corrected chi connectivity index (χ4v) is 1.88. The summed E-state index contributed by atoms with van der Waals surface area (Å²) >= 11 is 0. The maximum atomic E-state index is 12.8. The molecule has 20 heavy (non-hydrogen) atoms. The highest BCUT2D eigenvalue weighted by Crippen LogP contribution is 2.19. The van der Waals surface area contributed by atoms with E-state index in [1.807, 2.05) is 0 Å². The minimum atomic E-state index is -0.216. The molecule has 106 valence electrons. The molecule has 1 saturated carbocycles. The predicted molar refractivity (Wildman–Crippen MR) is 72.8 cm³/mol. The maximum absolute atomic E-state index is 12.8. The number of aromatic nitrogens is 2. The molecule has 0 spiro atoms. The number of anilines is 1. The Morgan fingerprint density at radius 2 is 2.00 bits per heavy atom. The van der Waals surface area contributed by atoms with Crippen LogP contribution in [-0.2, 0) is 13.0 Å². The second kappa shape index (κ2) is 6.00. The molecule has 1 aromatic carbocycles. The standard InChI is InChI=1S/C14H17FN4O/c15-11-3-1-10(2-4-11)7-8-16-14-19-18-13(20-14)9-17-12-5-6-12/h1-4,12,17H,5-9H2,(H,16,19). The van der Waals surface area contributed by atoms with Crippen LogP contribution in [0.3, 0.4) is 0 Å². The summed E-state index contributed by atoms with van der Waals surface area (Å²) in [5.41, 5.74) is 1.06. The molecule has 0 radical (unpaired) electrons. The molecule has 0 unspecified atom stereocenters. The zero-order chi connectivity index (χ0) is 13.8. The van der Waals surface area contributed by atoms with E-state index in [1.165, 1.54) is 25.0 Å². The fraction of sp³-hybridized carbons (Fsp3) is 0.429. The van der Waals surface area contributed by atoms with Crippen LogP contribution in [0, 0.1) is 5.82 Å². The first-order chi connectivity index (χ1) is 9.79. The molecule has 2 aromatic rings. The monoisotopic (exact) mass is 276 g/mol. The van der Waals surface area contributed by atoms with Crippen molar-refractivity contribution in [2.75, 3.05) is 11.9 Å². The van der Waals surface area contributed by atoms with Gasteiger partial charge in [0.2, 0.25) is 5.89 Å². The molecule has 3 rings (SSSR count). The molecular formula is C14H17FN4O. The van der Waals surface area contributed by atoms with Crippen LogP contribution in [0.25, 0.3) is 0 Å². The van der Waals surface area contributed by atoms with Crippen molar-refractivity contribution in [3.63, 3.8) is 0 Å². The van der Waals surface area contributed by atoms with E-state index < -0.39 is 0 Å².